The molecule has 0 saturated heterocycles. The lowest BCUT2D eigenvalue weighted by Crippen LogP contribution is -2.02. The smallest absolute Gasteiger partial charge is 0.164 e. The molecule has 338 valence electrons. The predicted molar refractivity (Wildman–Crippen MR) is 291 cm³/mol. The van der Waals surface area contributed by atoms with Crippen molar-refractivity contribution < 1.29 is 0 Å². The van der Waals surface area contributed by atoms with Crippen LogP contribution in [-0.2, 0) is 0 Å². The normalized spacial score (nSPS) is 11.1. The molecule has 0 atom stereocenters. The standard InChI is InChI=1S/C65H43N7/c1-3-17-44(18-4-1)50-36-54(61-27-9-13-31-68-61)42-57(38-50)64-70-63(71-65(72-64)58-39-51(45-19-5-2-6-20-45)37-55(43-58)62-28-10-14-32-69-62)56-40-52(46-21-15-23-48(33-46)59-25-7-11-29-66-59)35-53(41-56)47-22-16-24-49(34-47)60-26-8-12-30-67-60/h1-43H. The zero-order valence-electron chi connectivity index (χ0n) is 39.0. The van der Waals surface area contributed by atoms with Gasteiger partial charge in [0.05, 0.1) is 22.8 Å². The Labute approximate surface area is 418 Å². The van der Waals surface area contributed by atoms with Crippen LogP contribution in [0.5, 0.6) is 0 Å². The van der Waals surface area contributed by atoms with E-state index in [0.29, 0.717) is 17.5 Å². The van der Waals surface area contributed by atoms with E-state index in [1.165, 1.54) is 0 Å². The van der Waals surface area contributed by atoms with E-state index in [2.05, 4.69) is 152 Å². The maximum atomic E-state index is 5.46. The topological polar surface area (TPSA) is 90.2 Å². The van der Waals surface area contributed by atoms with Gasteiger partial charge in [0.15, 0.2) is 17.5 Å². The average Bonchev–Trinajstić information content (AvgIpc) is 3.48. The van der Waals surface area contributed by atoms with Crippen molar-refractivity contribution in [2.24, 2.45) is 0 Å². The van der Waals surface area contributed by atoms with Gasteiger partial charge in [-0.2, -0.15) is 0 Å². The minimum Gasteiger partial charge on any atom is -0.256 e. The summed E-state index contributed by atoms with van der Waals surface area (Å²) in [5, 5.41) is 0. The molecule has 7 aromatic carbocycles. The van der Waals surface area contributed by atoms with Gasteiger partial charge in [0, 0.05) is 63.7 Å². The van der Waals surface area contributed by atoms with Crippen LogP contribution in [0.15, 0.2) is 261 Å². The molecule has 12 aromatic rings. The lowest BCUT2D eigenvalue weighted by molar-refractivity contribution is 1.07. The first-order valence-corrected chi connectivity index (χ1v) is 23.8. The van der Waals surface area contributed by atoms with Gasteiger partial charge in [0.2, 0.25) is 0 Å². The van der Waals surface area contributed by atoms with Gasteiger partial charge in [-0.15, -0.1) is 0 Å². The molecular formula is C65H43N7. The molecule has 12 rings (SSSR count). The van der Waals surface area contributed by atoms with Crippen molar-refractivity contribution >= 4 is 0 Å². The summed E-state index contributed by atoms with van der Waals surface area (Å²) in [5.41, 5.74) is 18.1. The van der Waals surface area contributed by atoms with E-state index < -0.39 is 0 Å². The molecule has 72 heavy (non-hydrogen) atoms. The highest BCUT2D eigenvalue weighted by Crippen LogP contribution is 2.38. The fourth-order valence-electron chi connectivity index (χ4n) is 9.11. The Morgan fingerprint density at radius 3 is 0.764 bits per heavy atom. The van der Waals surface area contributed by atoms with Crippen LogP contribution in [0.25, 0.3) is 124 Å². The predicted octanol–water partition coefficient (Wildman–Crippen LogP) is 15.8. The minimum absolute atomic E-state index is 0.522. The van der Waals surface area contributed by atoms with E-state index in [0.717, 1.165) is 106 Å². The maximum absolute atomic E-state index is 5.46. The van der Waals surface area contributed by atoms with Crippen LogP contribution in [0.1, 0.15) is 0 Å². The van der Waals surface area contributed by atoms with Crippen molar-refractivity contribution in [3.05, 3.63) is 261 Å². The average molecular weight is 922 g/mol. The van der Waals surface area contributed by atoms with Crippen molar-refractivity contribution in [2.45, 2.75) is 0 Å². The maximum Gasteiger partial charge on any atom is 0.164 e. The third-order valence-electron chi connectivity index (χ3n) is 12.7. The summed E-state index contributed by atoms with van der Waals surface area (Å²) in [7, 11) is 0. The lowest BCUT2D eigenvalue weighted by Gasteiger charge is -2.15. The molecule has 0 bridgehead atoms. The van der Waals surface area contributed by atoms with Crippen LogP contribution >= 0.6 is 0 Å². The molecule has 0 aliphatic rings. The van der Waals surface area contributed by atoms with Crippen molar-refractivity contribution in [3.8, 4) is 124 Å². The van der Waals surface area contributed by atoms with Gasteiger partial charge in [-0.05, 0) is 160 Å². The van der Waals surface area contributed by atoms with E-state index in [4.69, 9.17) is 34.9 Å². The van der Waals surface area contributed by atoms with Crippen LogP contribution < -0.4 is 0 Å². The lowest BCUT2D eigenvalue weighted by atomic mass is 9.93. The fourth-order valence-corrected chi connectivity index (χ4v) is 9.11. The molecule has 7 nitrogen and oxygen atoms in total. The quantitative estimate of drug-likeness (QED) is 0.128. The van der Waals surface area contributed by atoms with E-state index in [1.807, 2.05) is 110 Å². The molecule has 0 unspecified atom stereocenters. The van der Waals surface area contributed by atoms with Crippen molar-refractivity contribution in [1.82, 2.24) is 34.9 Å². The summed E-state index contributed by atoms with van der Waals surface area (Å²) in [6.07, 6.45) is 7.31. The number of benzene rings is 7. The molecule has 7 heteroatoms. The first kappa shape index (κ1) is 43.4. The van der Waals surface area contributed by atoms with Crippen LogP contribution in [0.2, 0.25) is 0 Å². The van der Waals surface area contributed by atoms with Gasteiger partial charge in [0.1, 0.15) is 0 Å². The third-order valence-corrected chi connectivity index (χ3v) is 12.7. The second kappa shape index (κ2) is 19.6. The molecule has 0 saturated carbocycles. The first-order chi connectivity index (χ1) is 35.6. The van der Waals surface area contributed by atoms with Crippen molar-refractivity contribution in [1.29, 1.82) is 0 Å². The first-order valence-electron chi connectivity index (χ1n) is 23.8. The molecule has 0 N–H and O–H groups in total. The molecule has 0 aliphatic carbocycles. The summed E-state index contributed by atoms with van der Waals surface area (Å²) in [6, 6.07) is 81.4. The monoisotopic (exact) mass is 921 g/mol. The number of rotatable bonds is 11. The van der Waals surface area contributed by atoms with E-state index in [-0.39, 0.29) is 0 Å². The van der Waals surface area contributed by atoms with E-state index in [1.54, 1.807) is 0 Å². The molecule has 5 aromatic heterocycles. The van der Waals surface area contributed by atoms with Gasteiger partial charge in [-0.3, -0.25) is 19.9 Å². The number of aromatic nitrogens is 7. The Balaban J connectivity index is 1.11. The Morgan fingerprint density at radius 1 is 0.167 bits per heavy atom. The second-order valence-electron chi connectivity index (χ2n) is 17.5. The summed E-state index contributed by atoms with van der Waals surface area (Å²) >= 11 is 0. The van der Waals surface area contributed by atoms with Crippen LogP contribution in [0, 0.1) is 0 Å². The van der Waals surface area contributed by atoms with Crippen molar-refractivity contribution in [2.75, 3.05) is 0 Å². The molecule has 0 spiro atoms. The van der Waals surface area contributed by atoms with Gasteiger partial charge < -0.3 is 0 Å². The molecule has 0 fully saturated rings. The number of pyridine rings is 4. The Morgan fingerprint density at radius 2 is 0.417 bits per heavy atom. The van der Waals surface area contributed by atoms with Gasteiger partial charge >= 0.3 is 0 Å². The summed E-state index contributed by atoms with van der Waals surface area (Å²) in [5.74, 6) is 1.57. The van der Waals surface area contributed by atoms with E-state index in [9.17, 15) is 0 Å². The molecule has 0 amide bonds. The van der Waals surface area contributed by atoms with Crippen molar-refractivity contribution in [3.63, 3.8) is 0 Å². The molecule has 0 aliphatic heterocycles. The summed E-state index contributed by atoms with van der Waals surface area (Å²) in [6.45, 7) is 0. The fraction of sp³-hybridized carbons (Fsp3) is 0. The Kier molecular flexibility index (Phi) is 11.8. The van der Waals surface area contributed by atoms with Crippen LogP contribution in [0.3, 0.4) is 0 Å². The second-order valence-corrected chi connectivity index (χ2v) is 17.5. The van der Waals surface area contributed by atoms with Gasteiger partial charge in [-0.25, -0.2) is 15.0 Å². The number of hydrogen-bond acceptors (Lipinski definition) is 7. The SMILES string of the molecule is c1ccc(-c2cc(-c3ccccn3)cc(-c3nc(-c4cc(-c5cccc(-c6ccccn6)c5)cc(-c5cccc(-c6ccccn6)c5)c4)nc(-c4cc(-c5ccccc5)cc(-c5ccccn5)c4)n3)c2)cc1. The molecular weight excluding hydrogens is 879 g/mol. The van der Waals surface area contributed by atoms with Gasteiger partial charge in [0.25, 0.3) is 0 Å². The summed E-state index contributed by atoms with van der Waals surface area (Å²) < 4.78 is 0. The largest absolute Gasteiger partial charge is 0.256 e. The highest BCUT2D eigenvalue weighted by atomic mass is 15.0. The zero-order chi connectivity index (χ0) is 48.1. The minimum atomic E-state index is 0.522. The number of hydrogen-bond donors (Lipinski definition) is 0. The Bertz CT molecular complexity index is 3470. The Hall–Kier alpha value is -9.85. The highest BCUT2D eigenvalue weighted by molar-refractivity contribution is 5.85. The number of nitrogens with zero attached hydrogens (tertiary/aromatic N) is 7. The molecule has 5 heterocycles. The highest BCUT2D eigenvalue weighted by Gasteiger charge is 2.19. The van der Waals surface area contributed by atoms with Crippen LogP contribution in [-0.4, -0.2) is 34.9 Å². The third kappa shape index (κ3) is 9.33. The zero-order valence-corrected chi connectivity index (χ0v) is 39.0. The van der Waals surface area contributed by atoms with E-state index >= 15 is 0 Å². The van der Waals surface area contributed by atoms with Gasteiger partial charge in [-0.1, -0.05) is 121 Å². The molecule has 0 radical (unpaired) electrons. The summed E-state index contributed by atoms with van der Waals surface area (Å²) in [4.78, 5) is 35.3. The van der Waals surface area contributed by atoms with Crippen LogP contribution in [0.4, 0.5) is 0 Å².